The first-order chi connectivity index (χ1) is 12.4. The molecule has 0 unspecified atom stereocenters. The maximum atomic E-state index is 13.0. The molecule has 0 bridgehead atoms. The molecule has 2 heterocycles. The van der Waals surface area contributed by atoms with Crippen LogP contribution in [0.2, 0.25) is 0 Å². The lowest BCUT2D eigenvalue weighted by atomic mass is 10.2. The Morgan fingerprint density at radius 2 is 1.92 bits per heavy atom. The highest BCUT2D eigenvalue weighted by molar-refractivity contribution is 5.82. The van der Waals surface area contributed by atoms with Gasteiger partial charge in [-0.2, -0.15) is 0 Å². The van der Waals surface area contributed by atoms with Crippen molar-refractivity contribution >= 4 is 12.0 Å². The number of aliphatic carboxylic acids is 1. The van der Waals surface area contributed by atoms with E-state index in [-0.39, 0.29) is 31.2 Å². The Labute approximate surface area is 146 Å². The Morgan fingerprint density at radius 3 is 2.58 bits per heavy atom. The van der Waals surface area contributed by atoms with E-state index < -0.39 is 29.9 Å². The molecule has 1 amide bonds. The molecule has 1 aromatic carbocycles. The van der Waals surface area contributed by atoms with Crippen LogP contribution in [0, 0.1) is 5.82 Å². The second-order valence-corrected chi connectivity index (χ2v) is 5.78. The topological polar surface area (TPSA) is 109 Å². The summed E-state index contributed by atoms with van der Waals surface area (Å²) >= 11 is 0. The molecule has 26 heavy (non-hydrogen) atoms. The highest BCUT2D eigenvalue weighted by Crippen LogP contribution is 2.26. The Hall–Kier alpha value is -3.20. The van der Waals surface area contributed by atoms with Gasteiger partial charge in [0, 0.05) is 18.2 Å². The highest BCUT2D eigenvalue weighted by atomic mass is 19.1. The maximum Gasteiger partial charge on any atom is 0.332 e. The van der Waals surface area contributed by atoms with Gasteiger partial charge in [0.25, 0.3) is 5.56 Å². The average molecular weight is 362 g/mol. The van der Waals surface area contributed by atoms with E-state index in [1.54, 1.807) is 0 Å². The summed E-state index contributed by atoms with van der Waals surface area (Å²) in [5.74, 6) is -2.00. The fraction of sp³-hybridized carbons (Fsp3) is 0.235. The second-order valence-electron chi connectivity index (χ2n) is 5.78. The Balaban J connectivity index is 1.98. The second kappa shape index (κ2) is 6.96. The first-order valence-electron chi connectivity index (χ1n) is 7.67. The van der Waals surface area contributed by atoms with Crippen LogP contribution < -0.4 is 5.56 Å². The van der Waals surface area contributed by atoms with Crippen molar-refractivity contribution in [2.24, 2.45) is 0 Å². The predicted octanol–water partition coefficient (Wildman–Crippen LogP) is 1.28. The number of ether oxygens (including phenoxy) is 1. The number of aromatic hydroxyl groups is 1. The van der Waals surface area contributed by atoms with Crippen molar-refractivity contribution < 1.29 is 28.9 Å². The van der Waals surface area contributed by atoms with Gasteiger partial charge >= 0.3 is 12.0 Å². The average Bonchev–Trinajstić information content (AvgIpc) is 3.05. The molecule has 3 rings (SSSR count). The summed E-state index contributed by atoms with van der Waals surface area (Å²) in [6, 6.07) is 5.26. The minimum atomic E-state index is -1.26. The summed E-state index contributed by atoms with van der Waals surface area (Å²) in [7, 11) is 0. The van der Waals surface area contributed by atoms with E-state index in [1.165, 1.54) is 24.3 Å². The predicted molar refractivity (Wildman–Crippen MR) is 86.1 cm³/mol. The smallest absolute Gasteiger partial charge is 0.332 e. The van der Waals surface area contributed by atoms with E-state index in [0.717, 1.165) is 15.5 Å². The number of nitrogens with zero attached hydrogens (tertiary/aromatic N) is 2. The maximum absolute atomic E-state index is 13.0. The van der Waals surface area contributed by atoms with Gasteiger partial charge in [0.05, 0.1) is 18.9 Å². The minimum Gasteiger partial charge on any atom is -0.507 e. The summed E-state index contributed by atoms with van der Waals surface area (Å²) in [4.78, 5) is 37.2. The quantitative estimate of drug-likeness (QED) is 0.848. The van der Waals surface area contributed by atoms with Crippen molar-refractivity contribution in [3.05, 3.63) is 63.3 Å². The summed E-state index contributed by atoms with van der Waals surface area (Å²) in [6.45, 7) is -0.790. The zero-order valence-corrected chi connectivity index (χ0v) is 13.5. The number of pyridine rings is 1. The number of hydrogen-bond donors (Lipinski definition) is 2. The molecule has 2 aromatic rings. The summed E-state index contributed by atoms with van der Waals surface area (Å²) < 4.78 is 19.0. The molecule has 2 N–H and O–H groups in total. The molecule has 1 aliphatic rings. The zero-order chi connectivity index (χ0) is 18.8. The molecule has 136 valence electrons. The van der Waals surface area contributed by atoms with Crippen LogP contribution in [-0.4, -0.2) is 38.2 Å². The number of carbonyl (C=O) groups is 2. The first kappa shape index (κ1) is 17.6. The number of rotatable bonds is 4. The molecule has 0 spiro atoms. The zero-order valence-electron chi connectivity index (χ0n) is 13.5. The van der Waals surface area contributed by atoms with Crippen molar-refractivity contribution in [1.29, 1.82) is 0 Å². The number of aromatic nitrogens is 1. The van der Waals surface area contributed by atoms with E-state index >= 15 is 0 Å². The molecular weight excluding hydrogens is 347 g/mol. The van der Waals surface area contributed by atoms with Crippen LogP contribution in [0.5, 0.6) is 5.75 Å². The van der Waals surface area contributed by atoms with Crippen LogP contribution >= 0.6 is 0 Å². The summed E-state index contributed by atoms with van der Waals surface area (Å²) in [5, 5.41) is 18.9. The van der Waals surface area contributed by atoms with Gasteiger partial charge in [-0.25, -0.2) is 13.8 Å². The third kappa shape index (κ3) is 3.42. The van der Waals surface area contributed by atoms with E-state index in [4.69, 9.17) is 9.84 Å². The van der Waals surface area contributed by atoms with Crippen molar-refractivity contribution in [3.8, 4) is 5.75 Å². The SMILES string of the molecule is O=C(O)CN(Cc1ccc(F)cc1)C(=O)n1c2c(c(O)cc1=O)COC2. The molecule has 1 aliphatic heterocycles. The molecule has 1 aromatic heterocycles. The lowest BCUT2D eigenvalue weighted by molar-refractivity contribution is -0.137. The molecule has 0 fully saturated rings. The molecule has 0 saturated carbocycles. The Bertz CT molecular complexity index is 922. The fourth-order valence-corrected chi connectivity index (χ4v) is 2.76. The number of carboxylic acid groups (broad SMARTS) is 1. The first-order valence-corrected chi connectivity index (χ1v) is 7.67. The van der Waals surface area contributed by atoms with Crippen molar-refractivity contribution in [2.45, 2.75) is 19.8 Å². The van der Waals surface area contributed by atoms with Crippen LogP contribution in [0.25, 0.3) is 0 Å². The summed E-state index contributed by atoms with van der Waals surface area (Å²) in [5.41, 5.74) is 0.219. The highest BCUT2D eigenvalue weighted by Gasteiger charge is 2.28. The van der Waals surface area contributed by atoms with Gasteiger partial charge in [0.2, 0.25) is 0 Å². The molecule has 0 aliphatic carbocycles. The number of halogens is 1. The number of amides is 1. The monoisotopic (exact) mass is 362 g/mol. The van der Waals surface area contributed by atoms with Crippen LogP contribution in [0.15, 0.2) is 35.1 Å². The van der Waals surface area contributed by atoms with Crippen molar-refractivity contribution in [1.82, 2.24) is 9.47 Å². The van der Waals surface area contributed by atoms with E-state index in [9.17, 15) is 23.9 Å². The fourth-order valence-electron chi connectivity index (χ4n) is 2.76. The molecule has 9 heteroatoms. The van der Waals surface area contributed by atoms with Crippen LogP contribution in [-0.2, 0) is 29.3 Å². The molecule has 0 saturated heterocycles. The third-order valence-corrected chi connectivity index (χ3v) is 3.97. The van der Waals surface area contributed by atoms with Gasteiger partial charge in [0.1, 0.15) is 18.1 Å². The van der Waals surface area contributed by atoms with Gasteiger partial charge in [0.15, 0.2) is 0 Å². The number of carbonyl (C=O) groups excluding carboxylic acids is 1. The van der Waals surface area contributed by atoms with Gasteiger partial charge in [-0.05, 0) is 17.7 Å². The normalized spacial score (nSPS) is 12.7. The van der Waals surface area contributed by atoms with Crippen LogP contribution in [0.4, 0.5) is 9.18 Å². The number of fused-ring (bicyclic) bond motifs is 1. The Kier molecular flexibility index (Phi) is 4.72. The van der Waals surface area contributed by atoms with Crippen molar-refractivity contribution in [2.75, 3.05) is 6.54 Å². The minimum absolute atomic E-state index is 0.0472. The Morgan fingerprint density at radius 1 is 1.23 bits per heavy atom. The number of hydrogen-bond acceptors (Lipinski definition) is 5. The van der Waals surface area contributed by atoms with Gasteiger partial charge in [-0.15, -0.1) is 0 Å². The van der Waals surface area contributed by atoms with Crippen LogP contribution in [0.1, 0.15) is 16.8 Å². The lowest BCUT2D eigenvalue weighted by Crippen LogP contribution is -2.43. The van der Waals surface area contributed by atoms with Gasteiger partial charge in [-0.1, -0.05) is 12.1 Å². The van der Waals surface area contributed by atoms with E-state index in [2.05, 4.69) is 0 Å². The van der Waals surface area contributed by atoms with E-state index in [0.29, 0.717) is 11.1 Å². The standard InChI is InChI=1S/C17H15FN2O6/c18-11-3-1-10(2-4-11)6-19(7-16(23)24)17(25)20-13-9-26-8-12(13)14(21)5-15(20)22/h1-5,21H,6-9H2,(H,23,24). The van der Waals surface area contributed by atoms with Gasteiger partial charge < -0.3 is 19.8 Å². The third-order valence-electron chi connectivity index (χ3n) is 3.97. The largest absolute Gasteiger partial charge is 0.507 e. The van der Waals surface area contributed by atoms with Gasteiger partial charge in [-0.3, -0.25) is 9.59 Å². The van der Waals surface area contributed by atoms with Crippen molar-refractivity contribution in [3.63, 3.8) is 0 Å². The van der Waals surface area contributed by atoms with Crippen LogP contribution in [0.3, 0.4) is 0 Å². The molecule has 8 nitrogen and oxygen atoms in total. The molecule has 0 atom stereocenters. The summed E-state index contributed by atoms with van der Waals surface area (Å²) in [6.07, 6.45) is 0. The lowest BCUT2D eigenvalue weighted by Gasteiger charge is -2.23. The number of benzene rings is 1. The molecule has 0 radical (unpaired) electrons. The molecular formula is C17H15FN2O6. The number of carboxylic acids is 1. The van der Waals surface area contributed by atoms with E-state index in [1.807, 2.05) is 0 Å².